The molecule has 2 aromatic rings. The number of benzene rings is 2. The van der Waals surface area contributed by atoms with Crippen LogP contribution in [0.2, 0.25) is 0 Å². The monoisotopic (exact) mass is 405 g/mol. The summed E-state index contributed by atoms with van der Waals surface area (Å²) in [4.78, 5) is 13.0. The Kier molecular flexibility index (Phi) is 6.08. The van der Waals surface area contributed by atoms with Crippen LogP contribution >= 0.6 is 0 Å². The topological polar surface area (TPSA) is 90.0 Å². The number of amides is 1. The summed E-state index contributed by atoms with van der Waals surface area (Å²) < 4.78 is 41.2. The van der Waals surface area contributed by atoms with Crippen molar-refractivity contribution in [3.05, 3.63) is 66.0 Å². The molecule has 0 radical (unpaired) electrons. The van der Waals surface area contributed by atoms with E-state index in [-0.39, 0.29) is 23.8 Å². The Morgan fingerprint density at radius 2 is 1.79 bits per heavy atom. The van der Waals surface area contributed by atoms with Gasteiger partial charge in [-0.2, -0.15) is 4.31 Å². The van der Waals surface area contributed by atoms with Gasteiger partial charge in [0.15, 0.2) is 0 Å². The second-order valence-corrected chi connectivity index (χ2v) is 8.16. The molecule has 1 aliphatic rings. The molecular weight excluding hydrogens is 385 g/mol. The molecule has 0 spiro atoms. The summed E-state index contributed by atoms with van der Waals surface area (Å²) in [5.41, 5.74) is 2.45. The number of rotatable bonds is 5. The fourth-order valence-corrected chi connectivity index (χ4v) is 4.49. The zero-order chi connectivity index (χ0) is 20.1. The van der Waals surface area contributed by atoms with Crippen LogP contribution in [0.5, 0.6) is 0 Å². The van der Waals surface area contributed by atoms with E-state index in [9.17, 15) is 17.6 Å². The number of hydrogen-bond donors (Lipinski definition) is 2. The predicted octanol–water partition coefficient (Wildman–Crippen LogP) is 1.86. The lowest BCUT2D eigenvalue weighted by atomic mass is 10.2. The first-order valence-electron chi connectivity index (χ1n) is 8.63. The van der Waals surface area contributed by atoms with Gasteiger partial charge in [0.2, 0.25) is 10.0 Å². The third-order valence-electron chi connectivity index (χ3n) is 4.46. The number of nitrogens with one attached hydrogen (secondary N) is 1. The van der Waals surface area contributed by atoms with Gasteiger partial charge in [0.25, 0.3) is 5.91 Å². The number of sulfonamides is 1. The minimum Gasteiger partial charge on any atom is -0.367 e. The predicted molar refractivity (Wildman–Crippen MR) is 103 cm³/mol. The van der Waals surface area contributed by atoms with E-state index in [1.54, 1.807) is 30.3 Å². The Morgan fingerprint density at radius 3 is 2.46 bits per heavy atom. The van der Waals surface area contributed by atoms with Gasteiger partial charge >= 0.3 is 0 Å². The van der Waals surface area contributed by atoms with Crippen LogP contribution in [0.4, 0.5) is 10.1 Å². The molecule has 0 atom stereocenters. The summed E-state index contributed by atoms with van der Waals surface area (Å²) in [6.45, 7) is 1.25. The van der Waals surface area contributed by atoms with E-state index in [0.29, 0.717) is 24.3 Å². The van der Waals surface area contributed by atoms with Crippen molar-refractivity contribution in [2.24, 2.45) is 0 Å². The lowest BCUT2D eigenvalue weighted by molar-refractivity contribution is -0.124. The van der Waals surface area contributed by atoms with Gasteiger partial charge in [0.1, 0.15) is 5.82 Å². The van der Waals surface area contributed by atoms with E-state index in [1.165, 1.54) is 34.1 Å². The Balaban J connectivity index is 1.73. The van der Waals surface area contributed by atoms with Gasteiger partial charge < -0.3 is 4.90 Å². The second kappa shape index (κ2) is 8.51. The number of carbonyl (C=O) groups is 1. The molecular formula is C19H20FN3O4S. The molecule has 148 valence electrons. The third kappa shape index (κ3) is 4.38. The molecule has 3 rings (SSSR count). The van der Waals surface area contributed by atoms with Crippen LogP contribution in [0.3, 0.4) is 0 Å². The molecule has 0 unspecified atom stereocenters. The summed E-state index contributed by atoms with van der Waals surface area (Å²) in [6.07, 6.45) is 2.50. The number of hydroxylamine groups is 1. The number of para-hydroxylation sites is 1. The largest absolute Gasteiger partial charge is 0.367 e. The summed E-state index contributed by atoms with van der Waals surface area (Å²) in [6, 6.07) is 12.6. The molecule has 7 nitrogen and oxygen atoms in total. The molecule has 2 N–H and O–H groups in total. The normalized spacial score (nSPS) is 15.7. The lowest BCUT2D eigenvalue weighted by Crippen LogP contribution is -2.48. The third-order valence-corrected chi connectivity index (χ3v) is 6.36. The van der Waals surface area contributed by atoms with E-state index in [1.807, 2.05) is 4.90 Å². The van der Waals surface area contributed by atoms with Crippen LogP contribution in [0.1, 0.15) is 5.56 Å². The van der Waals surface area contributed by atoms with Crippen molar-refractivity contribution in [3.63, 3.8) is 0 Å². The Morgan fingerprint density at radius 1 is 1.07 bits per heavy atom. The summed E-state index contributed by atoms with van der Waals surface area (Å²) >= 11 is 0. The first kappa shape index (κ1) is 20.0. The summed E-state index contributed by atoms with van der Waals surface area (Å²) in [7, 11) is -3.72. The number of anilines is 1. The number of halogens is 1. The number of piperazine rings is 1. The SMILES string of the molecule is O=C(C=Cc1cccc(S(=O)(=O)N2CCN(c3ccccc3F)CC2)c1)NO. The minimum atomic E-state index is -3.72. The lowest BCUT2D eigenvalue weighted by Gasteiger charge is -2.35. The number of nitrogens with zero attached hydrogens (tertiary/aromatic N) is 2. The maximum atomic E-state index is 13.9. The first-order chi connectivity index (χ1) is 13.4. The average Bonchev–Trinajstić information content (AvgIpc) is 2.72. The second-order valence-electron chi connectivity index (χ2n) is 6.22. The van der Waals surface area contributed by atoms with Crippen LogP contribution in [-0.4, -0.2) is 50.0 Å². The van der Waals surface area contributed by atoms with E-state index in [0.717, 1.165) is 6.08 Å². The average molecular weight is 405 g/mol. The molecule has 0 bridgehead atoms. The maximum absolute atomic E-state index is 13.9. The number of hydrogen-bond acceptors (Lipinski definition) is 5. The van der Waals surface area contributed by atoms with Crippen molar-refractivity contribution in [2.75, 3.05) is 31.1 Å². The summed E-state index contributed by atoms with van der Waals surface area (Å²) in [5, 5.41) is 8.51. The zero-order valence-corrected chi connectivity index (χ0v) is 15.8. The quantitative estimate of drug-likeness (QED) is 0.450. The highest BCUT2D eigenvalue weighted by Gasteiger charge is 2.29. The van der Waals surface area contributed by atoms with E-state index < -0.39 is 15.9 Å². The fraction of sp³-hybridized carbons (Fsp3) is 0.211. The zero-order valence-electron chi connectivity index (χ0n) is 15.0. The Labute approximate surface area is 162 Å². The Bertz CT molecular complexity index is 986. The fourth-order valence-electron chi connectivity index (χ4n) is 3.01. The van der Waals surface area contributed by atoms with Gasteiger partial charge in [-0.25, -0.2) is 18.3 Å². The molecule has 2 aromatic carbocycles. The van der Waals surface area contributed by atoms with E-state index in [4.69, 9.17) is 5.21 Å². The van der Waals surface area contributed by atoms with Crippen molar-refractivity contribution in [2.45, 2.75) is 4.90 Å². The van der Waals surface area contributed by atoms with Gasteiger partial charge in [-0.3, -0.25) is 10.0 Å². The standard InChI is InChI=1S/C19H20FN3O4S/c20-17-6-1-2-7-18(17)22-10-12-23(13-11-22)28(26,27)16-5-3-4-15(14-16)8-9-19(24)21-25/h1-9,14,25H,10-13H2,(H,21,24). The van der Waals surface area contributed by atoms with Crippen LogP contribution < -0.4 is 10.4 Å². The molecule has 0 aliphatic carbocycles. The summed E-state index contributed by atoms with van der Waals surface area (Å²) in [5.74, 6) is -1.04. The van der Waals surface area contributed by atoms with Crippen LogP contribution in [0, 0.1) is 5.82 Å². The van der Waals surface area contributed by atoms with Crippen molar-refractivity contribution in [3.8, 4) is 0 Å². The van der Waals surface area contributed by atoms with Gasteiger partial charge in [0, 0.05) is 32.3 Å². The van der Waals surface area contributed by atoms with Crippen LogP contribution in [-0.2, 0) is 14.8 Å². The van der Waals surface area contributed by atoms with E-state index >= 15 is 0 Å². The molecule has 1 saturated heterocycles. The smallest absolute Gasteiger partial charge is 0.267 e. The molecule has 28 heavy (non-hydrogen) atoms. The van der Waals surface area contributed by atoms with Crippen molar-refractivity contribution >= 4 is 27.7 Å². The van der Waals surface area contributed by atoms with Gasteiger partial charge in [0.05, 0.1) is 10.6 Å². The molecule has 0 saturated carbocycles. The van der Waals surface area contributed by atoms with Crippen LogP contribution in [0.25, 0.3) is 6.08 Å². The molecule has 1 aliphatic heterocycles. The molecule has 1 fully saturated rings. The first-order valence-corrected chi connectivity index (χ1v) is 10.1. The highest BCUT2D eigenvalue weighted by Crippen LogP contribution is 2.23. The van der Waals surface area contributed by atoms with Crippen molar-refractivity contribution < 1.29 is 22.8 Å². The van der Waals surface area contributed by atoms with E-state index in [2.05, 4.69) is 0 Å². The molecule has 1 heterocycles. The highest BCUT2D eigenvalue weighted by molar-refractivity contribution is 7.89. The molecule has 9 heteroatoms. The molecule has 0 aromatic heterocycles. The van der Waals surface area contributed by atoms with Gasteiger partial charge in [-0.1, -0.05) is 24.3 Å². The molecule has 1 amide bonds. The van der Waals surface area contributed by atoms with Crippen LogP contribution in [0.15, 0.2) is 59.5 Å². The minimum absolute atomic E-state index is 0.110. The van der Waals surface area contributed by atoms with Crippen molar-refractivity contribution in [1.29, 1.82) is 0 Å². The Hall–Kier alpha value is -2.75. The van der Waals surface area contributed by atoms with Gasteiger partial charge in [-0.05, 0) is 35.9 Å². The van der Waals surface area contributed by atoms with Gasteiger partial charge in [-0.15, -0.1) is 0 Å². The number of carbonyl (C=O) groups excluding carboxylic acids is 1. The van der Waals surface area contributed by atoms with Crippen molar-refractivity contribution in [1.82, 2.24) is 9.79 Å². The maximum Gasteiger partial charge on any atom is 0.267 e. The highest BCUT2D eigenvalue weighted by atomic mass is 32.2.